The van der Waals surface area contributed by atoms with Crippen LogP contribution in [0.15, 0.2) is 0 Å². The van der Waals surface area contributed by atoms with Crippen LogP contribution in [-0.2, 0) is 28.4 Å². The van der Waals surface area contributed by atoms with Crippen molar-refractivity contribution in [1.29, 1.82) is 0 Å². The molecule has 1 fully saturated rings. The van der Waals surface area contributed by atoms with Crippen molar-refractivity contribution in [2.75, 3.05) is 37.1 Å². The lowest BCUT2D eigenvalue weighted by molar-refractivity contribution is -0.529. The second kappa shape index (κ2) is 13.3. The highest BCUT2D eigenvalue weighted by Crippen LogP contribution is 2.19. The molecule has 1 saturated heterocycles. The topological polar surface area (TPSA) is 55.4 Å². The van der Waals surface area contributed by atoms with Gasteiger partial charge < -0.3 is 14.2 Å². The Labute approximate surface area is 142 Å². The minimum atomic E-state index is -0.874. The summed E-state index contributed by atoms with van der Waals surface area (Å²) in [7, 11) is 0. The third kappa shape index (κ3) is 9.52. The summed E-state index contributed by atoms with van der Waals surface area (Å²) < 4.78 is 32.4. The molecule has 1 aliphatic heterocycles. The Bertz CT molecular complexity index is 205. The van der Waals surface area contributed by atoms with Crippen LogP contribution in [0.3, 0.4) is 0 Å². The normalized spacial score (nSPS) is 26.1. The minimum Gasteiger partial charge on any atom is -0.330 e. The Morgan fingerprint density at radius 2 is 0.857 bits per heavy atom. The smallest absolute Gasteiger partial charge is 0.279 e. The molecule has 1 aliphatic rings. The van der Waals surface area contributed by atoms with Crippen molar-refractivity contribution in [3.63, 3.8) is 0 Å². The Morgan fingerprint density at radius 3 is 1.10 bits per heavy atom. The van der Waals surface area contributed by atoms with E-state index in [9.17, 15) is 0 Å². The summed E-state index contributed by atoms with van der Waals surface area (Å²) in [5, 5.41) is 0. The highest BCUT2D eigenvalue weighted by molar-refractivity contribution is 7.80. The molecule has 0 aromatic heterocycles. The zero-order valence-corrected chi connectivity index (χ0v) is 14.6. The maximum Gasteiger partial charge on any atom is 0.279 e. The molecule has 0 saturated carbocycles. The predicted molar refractivity (Wildman–Crippen MR) is 87.9 cm³/mol. The van der Waals surface area contributed by atoms with Gasteiger partial charge in [0, 0.05) is 0 Å². The molecule has 0 unspecified atom stereocenters. The van der Waals surface area contributed by atoms with Crippen LogP contribution in [0, 0.1) is 0 Å². The van der Waals surface area contributed by atoms with Crippen molar-refractivity contribution in [3.05, 3.63) is 0 Å². The number of hydrogen-bond donors (Lipinski definition) is 3. The Kier molecular flexibility index (Phi) is 12.5. The molecule has 0 bridgehead atoms. The average molecular weight is 361 g/mol. The van der Waals surface area contributed by atoms with Crippen LogP contribution < -0.4 is 0 Å². The summed E-state index contributed by atoms with van der Waals surface area (Å²) in [6, 6.07) is 0. The van der Waals surface area contributed by atoms with Crippen LogP contribution in [0.1, 0.15) is 19.3 Å². The van der Waals surface area contributed by atoms with Gasteiger partial charge in [0.1, 0.15) is 0 Å². The lowest BCUT2D eigenvalue weighted by Gasteiger charge is -2.34. The van der Waals surface area contributed by atoms with Crippen molar-refractivity contribution >= 4 is 37.9 Å². The van der Waals surface area contributed by atoms with E-state index in [0.717, 1.165) is 36.5 Å². The molecule has 126 valence electrons. The number of hydrogen-bond acceptors (Lipinski definition) is 9. The van der Waals surface area contributed by atoms with E-state index >= 15 is 0 Å². The van der Waals surface area contributed by atoms with E-state index in [4.69, 9.17) is 28.4 Å². The van der Waals surface area contributed by atoms with Gasteiger partial charge in [-0.05, 0) is 36.5 Å². The van der Waals surface area contributed by atoms with Gasteiger partial charge >= 0.3 is 0 Å². The highest BCUT2D eigenvalue weighted by Gasteiger charge is 2.32. The molecule has 0 N–H and O–H groups in total. The number of ether oxygens (including phenoxy) is 6. The second-order valence-electron chi connectivity index (χ2n) is 4.12. The van der Waals surface area contributed by atoms with Gasteiger partial charge in [-0.1, -0.05) is 0 Å². The quantitative estimate of drug-likeness (QED) is 0.365. The van der Waals surface area contributed by atoms with Gasteiger partial charge in [0.15, 0.2) is 0 Å². The fraction of sp³-hybridized carbons (Fsp3) is 1.00. The van der Waals surface area contributed by atoms with Gasteiger partial charge in [-0.2, -0.15) is 37.9 Å². The molecular weight excluding hydrogens is 336 g/mol. The van der Waals surface area contributed by atoms with Crippen molar-refractivity contribution in [1.82, 2.24) is 0 Å². The molecule has 21 heavy (non-hydrogen) atoms. The SMILES string of the molecule is SCCCOC1OC(OCCCS)OC(OCCCS)O1. The van der Waals surface area contributed by atoms with Crippen molar-refractivity contribution in [2.45, 2.75) is 38.7 Å². The molecule has 0 aromatic carbocycles. The maximum absolute atomic E-state index is 5.43. The molecule has 1 rings (SSSR count). The van der Waals surface area contributed by atoms with Gasteiger partial charge in [-0.3, -0.25) is 14.2 Å². The van der Waals surface area contributed by atoms with Crippen LogP contribution in [0.2, 0.25) is 0 Å². The van der Waals surface area contributed by atoms with Crippen LogP contribution in [0.4, 0.5) is 0 Å². The van der Waals surface area contributed by atoms with Gasteiger partial charge in [0.05, 0.1) is 19.8 Å². The van der Waals surface area contributed by atoms with Gasteiger partial charge in [0.2, 0.25) is 0 Å². The van der Waals surface area contributed by atoms with E-state index in [0.29, 0.717) is 19.8 Å². The molecule has 0 radical (unpaired) electrons. The molecule has 0 amide bonds. The van der Waals surface area contributed by atoms with Crippen molar-refractivity contribution in [3.8, 4) is 0 Å². The molecule has 0 aromatic rings. The maximum atomic E-state index is 5.43. The van der Waals surface area contributed by atoms with E-state index in [2.05, 4.69) is 37.9 Å². The summed E-state index contributed by atoms with van der Waals surface area (Å²) in [5.74, 6) is 2.19. The van der Waals surface area contributed by atoms with Crippen LogP contribution in [-0.4, -0.2) is 56.5 Å². The van der Waals surface area contributed by atoms with E-state index in [1.807, 2.05) is 0 Å². The van der Waals surface area contributed by atoms with E-state index in [1.54, 1.807) is 0 Å². The third-order valence-electron chi connectivity index (χ3n) is 2.34. The first-order valence-electron chi connectivity index (χ1n) is 6.94. The van der Waals surface area contributed by atoms with Crippen molar-refractivity contribution in [2.24, 2.45) is 0 Å². The molecule has 0 aliphatic carbocycles. The molecular formula is C12H24O6S3. The van der Waals surface area contributed by atoms with Crippen LogP contribution in [0.25, 0.3) is 0 Å². The molecule has 6 nitrogen and oxygen atoms in total. The molecule has 0 spiro atoms. The Balaban J connectivity index is 2.35. The molecule has 9 heteroatoms. The summed E-state index contributed by atoms with van der Waals surface area (Å²) in [6.45, 7) is -1.20. The largest absolute Gasteiger partial charge is 0.330 e. The number of thiol groups is 3. The summed E-state index contributed by atoms with van der Waals surface area (Å²) >= 11 is 12.4. The first kappa shape index (κ1) is 19.9. The standard InChI is InChI=1S/C12H24O6S3/c19-7-1-4-13-10-16-11(14-5-2-8-20)18-12(17-10)15-6-3-9-21/h10-12,19-21H,1-9H2. The fourth-order valence-corrected chi connectivity index (χ4v) is 1.72. The summed E-state index contributed by atoms with van der Waals surface area (Å²) in [5.41, 5.74) is 0. The van der Waals surface area contributed by atoms with Gasteiger partial charge in [-0.15, -0.1) is 0 Å². The predicted octanol–water partition coefficient (Wildman–Crippen LogP) is 1.91. The van der Waals surface area contributed by atoms with E-state index in [-0.39, 0.29) is 0 Å². The van der Waals surface area contributed by atoms with Crippen LogP contribution >= 0.6 is 37.9 Å². The highest BCUT2D eigenvalue weighted by atomic mass is 32.1. The lowest BCUT2D eigenvalue weighted by Crippen LogP contribution is -2.44. The lowest BCUT2D eigenvalue weighted by atomic mass is 10.5. The van der Waals surface area contributed by atoms with E-state index in [1.165, 1.54) is 0 Å². The second-order valence-corrected chi connectivity index (χ2v) is 5.46. The zero-order chi connectivity index (χ0) is 15.3. The van der Waals surface area contributed by atoms with Crippen molar-refractivity contribution < 1.29 is 28.4 Å². The summed E-state index contributed by atoms with van der Waals surface area (Å²) in [6.07, 6.45) is 2.39. The summed E-state index contributed by atoms with van der Waals surface area (Å²) in [4.78, 5) is 0. The average Bonchev–Trinajstić information content (AvgIpc) is 2.48. The van der Waals surface area contributed by atoms with Gasteiger partial charge in [0.25, 0.3) is 19.4 Å². The van der Waals surface area contributed by atoms with E-state index < -0.39 is 19.4 Å². The number of rotatable bonds is 12. The first-order chi connectivity index (χ1) is 10.3. The monoisotopic (exact) mass is 360 g/mol. The third-order valence-corrected chi connectivity index (χ3v) is 3.28. The van der Waals surface area contributed by atoms with Crippen LogP contribution in [0.5, 0.6) is 0 Å². The first-order valence-corrected chi connectivity index (χ1v) is 8.83. The Morgan fingerprint density at radius 1 is 0.571 bits per heavy atom. The molecule has 0 atom stereocenters. The van der Waals surface area contributed by atoms with Gasteiger partial charge in [-0.25, -0.2) is 0 Å². The fourth-order valence-electron chi connectivity index (χ4n) is 1.34. The Hall–Kier alpha value is 0.810. The zero-order valence-electron chi connectivity index (χ0n) is 11.9. The minimum absolute atomic E-state index is 0.473. The molecule has 1 heterocycles.